The third kappa shape index (κ3) is 3.26. The summed E-state index contributed by atoms with van der Waals surface area (Å²) in [7, 11) is 0. The Balaban J connectivity index is 2.99. The number of aromatic nitrogens is 1. The van der Waals surface area contributed by atoms with Crippen molar-refractivity contribution in [3.05, 3.63) is 22.6 Å². The normalized spacial score (nSPS) is 9.47. The first kappa shape index (κ1) is 11.0. The zero-order chi connectivity index (χ0) is 11.4. The van der Waals surface area contributed by atoms with E-state index in [0.29, 0.717) is 5.69 Å². The van der Waals surface area contributed by atoms with Gasteiger partial charge in [-0.2, -0.15) is 0 Å². The number of aromatic amines is 1. The molecule has 2 amide bonds. The van der Waals surface area contributed by atoms with Crippen LogP contribution in [0.15, 0.2) is 17.1 Å². The second-order valence-corrected chi connectivity index (χ2v) is 2.99. The number of anilines is 2. The Labute approximate surface area is 85.7 Å². The van der Waals surface area contributed by atoms with Gasteiger partial charge in [0.25, 0.3) is 5.56 Å². The van der Waals surface area contributed by atoms with E-state index in [0.717, 1.165) is 0 Å². The van der Waals surface area contributed by atoms with Crippen LogP contribution >= 0.6 is 0 Å². The van der Waals surface area contributed by atoms with Gasteiger partial charge in [-0.1, -0.05) is 0 Å². The Morgan fingerprint density at radius 2 is 1.80 bits per heavy atom. The number of pyridine rings is 1. The summed E-state index contributed by atoms with van der Waals surface area (Å²) in [4.78, 5) is 35.1. The predicted octanol–water partition coefficient (Wildman–Crippen LogP) is 0.292. The summed E-state index contributed by atoms with van der Waals surface area (Å²) < 4.78 is 0. The molecule has 0 atom stereocenters. The highest BCUT2D eigenvalue weighted by atomic mass is 16.2. The lowest BCUT2D eigenvalue weighted by Crippen LogP contribution is -2.18. The molecule has 0 aliphatic heterocycles. The van der Waals surface area contributed by atoms with Gasteiger partial charge in [-0.25, -0.2) is 0 Å². The topological polar surface area (TPSA) is 91.1 Å². The summed E-state index contributed by atoms with van der Waals surface area (Å²) in [6.07, 6.45) is 1.36. The van der Waals surface area contributed by atoms with Crippen molar-refractivity contribution in [2.75, 3.05) is 10.6 Å². The van der Waals surface area contributed by atoms with Crippen LogP contribution in [0.1, 0.15) is 13.8 Å². The molecule has 1 aromatic heterocycles. The van der Waals surface area contributed by atoms with Crippen molar-refractivity contribution < 1.29 is 9.59 Å². The van der Waals surface area contributed by atoms with Crippen LogP contribution in [-0.2, 0) is 9.59 Å². The van der Waals surface area contributed by atoms with Crippen LogP contribution in [0.5, 0.6) is 0 Å². The molecule has 0 radical (unpaired) electrons. The first-order chi connectivity index (χ1) is 6.99. The molecule has 0 bridgehead atoms. The molecule has 0 fully saturated rings. The second kappa shape index (κ2) is 4.41. The van der Waals surface area contributed by atoms with E-state index in [1.54, 1.807) is 0 Å². The minimum absolute atomic E-state index is 0.105. The molecule has 0 spiro atoms. The van der Waals surface area contributed by atoms with E-state index in [4.69, 9.17) is 0 Å². The molecule has 1 rings (SSSR count). The van der Waals surface area contributed by atoms with Crippen molar-refractivity contribution >= 4 is 23.2 Å². The smallest absolute Gasteiger partial charge is 0.271 e. The largest absolute Gasteiger partial charge is 0.325 e. The lowest BCUT2D eigenvalue weighted by molar-refractivity contribution is -0.115. The number of hydrogen-bond acceptors (Lipinski definition) is 3. The molecule has 15 heavy (non-hydrogen) atoms. The number of carbonyl (C=O) groups is 2. The average Bonchev–Trinajstić information content (AvgIpc) is 2.09. The minimum Gasteiger partial charge on any atom is -0.325 e. The molecule has 6 heteroatoms. The molecule has 6 nitrogen and oxygen atoms in total. The average molecular weight is 209 g/mol. The fraction of sp³-hybridized carbons (Fsp3) is 0.222. The van der Waals surface area contributed by atoms with Gasteiger partial charge in [-0.05, 0) is 6.07 Å². The van der Waals surface area contributed by atoms with E-state index in [9.17, 15) is 14.4 Å². The van der Waals surface area contributed by atoms with E-state index in [1.807, 2.05) is 0 Å². The zero-order valence-electron chi connectivity index (χ0n) is 8.38. The molecule has 1 aromatic rings. The molecule has 0 unspecified atom stereocenters. The van der Waals surface area contributed by atoms with Gasteiger partial charge in [0.1, 0.15) is 5.69 Å². The molecule has 3 N–H and O–H groups in total. The van der Waals surface area contributed by atoms with Crippen molar-refractivity contribution in [1.29, 1.82) is 0 Å². The summed E-state index contributed by atoms with van der Waals surface area (Å²) in [5, 5.41) is 4.84. The maximum Gasteiger partial charge on any atom is 0.271 e. The van der Waals surface area contributed by atoms with Gasteiger partial charge in [0.2, 0.25) is 11.8 Å². The number of rotatable bonds is 2. The SMILES string of the molecule is CC(=O)Nc1c[nH]c(=O)c(NC(C)=O)c1. The molecule has 0 aliphatic rings. The van der Waals surface area contributed by atoms with Gasteiger partial charge >= 0.3 is 0 Å². The summed E-state index contributed by atoms with van der Waals surface area (Å²) in [5.41, 5.74) is 0.110. The Morgan fingerprint density at radius 3 is 2.33 bits per heavy atom. The van der Waals surface area contributed by atoms with Gasteiger partial charge in [0, 0.05) is 20.0 Å². The van der Waals surface area contributed by atoms with Crippen LogP contribution in [0.3, 0.4) is 0 Å². The molecular weight excluding hydrogens is 198 g/mol. The van der Waals surface area contributed by atoms with Gasteiger partial charge in [-0.3, -0.25) is 14.4 Å². The van der Waals surface area contributed by atoms with Crippen LogP contribution in [0.25, 0.3) is 0 Å². The maximum absolute atomic E-state index is 11.2. The van der Waals surface area contributed by atoms with Crippen molar-refractivity contribution in [3.63, 3.8) is 0 Å². The van der Waals surface area contributed by atoms with Crippen molar-refractivity contribution in [2.45, 2.75) is 13.8 Å². The molecule has 0 saturated carbocycles. The van der Waals surface area contributed by atoms with Crippen LogP contribution in [0.2, 0.25) is 0 Å². The fourth-order valence-corrected chi connectivity index (χ4v) is 1.04. The Bertz CT molecular complexity index is 450. The minimum atomic E-state index is -0.417. The molecule has 1 heterocycles. The van der Waals surface area contributed by atoms with Gasteiger partial charge < -0.3 is 15.6 Å². The summed E-state index contributed by atoms with van der Waals surface area (Å²) in [6.45, 7) is 2.65. The third-order valence-electron chi connectivity index (χ3n) is 1.53. The summed E-state index contributed by atoms with van der Waals surface area (Å²) in [6, 6.07) is 1.39. The number of hydrogen-bond donors (Lipinski definition) is 3. The molecule has 0 saturated heterocycles. The van der Waals surface area contributed by atoms with E-state index >= 15 is 0 Å². The molecule has 0 aliphatic carbocycles. The number of carbonyl (C=O) groups excluding carboxylic acids is 2. The molecular formula is C9H11N3O3. The van der Waals surface area contributed by atoms with E-state index < -0.39 is 5.56 Å². The highest BCUT2D eigenvalue weighted by Gasteiger charge is 2.03. The lowest BCUT2D eigenvalue weighted by atomic mass is 10.3. The van der Waals surface area contributed by atoms with E-state index in [2.05, 4.69) is 15.6 Å². The van der Waals surface area contributed by atoms with Crippen molar-refractivity contribution in [1.82, 2.24) is 4.98 Å². The van der Waals surface area contributed by atoms with E-state index in [-0.39, 0.29) is 17.5 Å². The number of nitrogens with one attached hydrogen (secondary N) is 3. The van der Waals surface area contributed by atoms with Crippen LogP contribution in [-0.4, -0.2) is 16.8 Å². The second-order valence-electron chi connectivity index (χ2n) is 2.99. The monoisotopic (exact) mass is 209 g/mol. The third-order valence-corrected chi connectivity index (χ3v) is 1.53. The Morgan fingerprint density at radius 1 is 1.20 bits per heavy atom. The predicted molar refractivity (Wildman–Crippen MR) is 55.7 cm³/mol. The fourth-order valence-electron chi connectivity index (χ4n) is 1.04. The highest BCUT2D eigenvalue weighted by molar-refractivity contribution is 5.91. The van der Waals surface area contributed by atoms with Gasteiger partial charge in [-0.15, -0.1) is 0 Å². The van der Waals surface area contributed by atoms with Gasteiger partial charge in [0.15, 0.2) is 0 Å². The van der Waals surface area contributed by atoms with E-state index in [1.165, 1.54) is 26.1 Å². The quantitative estimate of drug-likeness (QED) is 0.653. The number of amides is 2. The van der Waals surface area contributed by atoms with Crippen LogP contribution in [0.4, 0.5) is 11.4 Å². The van der Waals surface area contributed by atoms with Gasteiger partial charge in [0.05, 0.1) is 5.69 Å². The Hall–Kier alpha value is -2.11. The first-order valence-corrected chi connectivity index (χ1v) is 4.27. The summed E-state index contributed by atoms with van der Waals surface area (Å²) in [5.74, 6) is -0.601. The highest BCUT2D eigenvalue weighted by Crippen LogP contribution is 2.08. The number of H-pyrrole nitrogens is 1. The molecule has 0 aromatic carbocycles. The van der Waals surface area contributed by atoms with Crippen LogP contribution in [0, 0.1) is 0 Å². The molecule has 80 valence electrons. The summed E-state index contributed by atoms with van der Waals surface area (Å²) >= 11 is 0. The first-order valence-electron chi connectivity index (χ1n) is 4.27. The van der Waals surface area contributed by atoms with Crippen LogP contribution < -0.4 is 16.2 Å². The maximum atomic E-state index is 11.2. The Kier molecular flexibility index (Phi) is 3.22. The lowest BCUT2D eigenvalue weighted by Gasteiger charge is -2.04. The van der Waals surface area contributed by atoms with Crippen molar-refractivity contribution in [2.24, 2.45) is 0 Å². The van der Waals surface area contributed by atoms with Crippen molar-refractivity contribution in [3.8, 4) is 0 Å². The zero-order valence-corrected chi connectivity index (χ0v) is 8.38. The standard InChI is InChI=1S/C9H11N3O3/c1-5(13)11-7-3-8(12-6(2)14)9(15)10-4-7/h3-4H,1-2H3,(H,10,15)(H,11,13)(H,12,14).